The van der Waals surface area contributed by atoms with E-state index in [0.717, 1.165) is 10.2 Å². The fourth-order valence-electron chi connectivity index (χ4n) is 0.663. The lowest BCUT2D eigenvalue weighted by atomic mass is 10.3. The van der Waals surface area contributed by atoms with E-state index in [0.29, 0.717) is 0 Å². The molecule has 0 spiro atoms. The number of nitriles is 1. The summed E-state index contributed by atoms with van der Waals surface area (Å²) in [4.78, 5) is 0. The zero-order chi connectivity index (χ0) is 9.68. The Bertz CT molecular complexity index is 353. The molecule has 0 saturated heterocycles. The van der Waals surface area contributed by atoms with E-state index in [4.69, 9.17) is 16.9 Å². The number of halogens is 2. The van der Waals surface area contributed by atoms with E-state index in [1.54, 1.807) is 6.07 Å². The Morgan fingerprint density at radius 2 is 2.08 bits per heavy atom. The Labute approximate surface area is 89.1 Å². The first kappa shape index (κ1) is 10.0. The van der Waals surface area contributed by atoms with Gasteiger partial charge in [0.1, 0.15) is 6.07 Å². The molecule has 1 aromatic carbocycles. The van der Waals surface area contributed by atoms with Crippen LogP contribution in [0.4, 0.5) is 5.69 Å². The zero-order valence-electron chi connectivity index (χ0n) is 6.46. The molecule has 0 aliphatic rings. The molecule has 1 N–H and O–H groups in total. The van der Waals surface area contributed by atoms with Gasteiger partial charge in [0.2, 0.25) is 5.17 Å². The molecule has 3 nitrogen and oxygen atoms in total. The lowest BCUT2D eigenvalue weighted by molar-refractivity contribution is 1.35. The van der Waals surface area contributed by atoms with Crippen LogP contribution < -0.4 is 5.43 Å². The largest absolute Gasteiger partial charge is 0.276 e. The number of hydrazone groups is 1. The van der Waals surface area contributed by atoms with E-state index in [1.807, 2.05) is 24.3 Å². The monoisotopic (exact) mass is 257 g/mol. The van der Waals surface area contributed by atoms with Crippen LogP contribution in [-0.4, -0.2) is 5.17 Å². The minimum atomic E-state index is -0.122. The topological polar surface area (TPSA) is 48.2 Å². The van der Waals surface area contributed by atoms with Crippen LogP contribution in [0.1, 0.15) is 0 Å². The number of hydrogen-bond acceptors (Lipinski definition) is 3. The van der Waals surface area contributed by atoms with E-state index in [-0.39, 0.29) is 5.17 Å². The number of nitrogens with one attached hydrogen (secondary N) is 1. The van der Waals surface area contributed by atoms with Crippen molar-refractivity contribution < 1.29 is 0 Å². The lowest BCUT2D eigenvalue weighted by Crippen LogP contribution is -1.91. The minimum Gasteiger partial charge on any atom is -0.276 e. The molecule has 1 rings (SSSR count). The van der Waals surface area contributed by atoms with Gasteiger partial charge >= 0.3 is 0 Å². The van der Waals surface area contributed by atoms with Crippen LogP contribution >= 0.6 is 27.5 Å². The van der Waals surface area contributed by atoms with E-state index >= 15 is 0 Å². The number of rotatable bonds is 2. The third-order valence-electron chi connectivity index (χ3n) is 1.22. The van der Waals surface area contributed by atoms with Crippen molar-refractivity contribution in [3.8, 4) is 6.07 Å². The lowest BCUT2D eigenvalue weighted by Gasteiger charge is -1.98. The van der Waals surface area contributed by atoms with Crippen LogP contribution in [0.15, 0.2) is 33.8 Å². The van der Waals surface area contributed by atoms with Crippen LogP contribution in [0, 0.1) is 11.3 Å². The molecule has 1 aromatic rings. The van der Waals surface area contributed by atoms with Crippen molar-refractivity contribution in [1.29, 1.82) is 5.26 Å². The highest BCUT2D eigenvalue weighted by molar-refractivity contribution is 9.10. The molecule has 0 unspecified atom stereocenters. The first-order chi connectivity index (χ1) is 6.22. The van der Waals surface area contributed by atoms with Gasteiger partial charge in [0.15, 0.2) is 0 Å². The highest BCUT2D eigenvalue weighted by Crippen LogP contribution is 2.13. The summed E-state index contributed by atoms with van der Waals surface area (Å²) in [5, 5.41) is 11.8. The number of nitrogens with zero attached hydrogens (tertiary/aromatic N) is 2. The summed E-state index contributed by atoms with van der Waals surface area (Å²) in [6.45, 7) is 0. The van der Waals surface area contributed by atoms with E-state index in [2.05, 4.69) is 26.5 Å². The standard InChI is InChI=1S/C8H5BrClN3/c9-6-1-3-7(4-2-6)12-13-8(10)5-11/h1-4,12H. The van der Waals surface area contributed by atoms with Crippen molar-refractivity contribution in [2.45, 2.75) is 0 Å². The quantitative estimate of drug-likeness (QED) is 0.655. The molecule has 0 bridgehead atoms. The van der Waals surface area contributed by atoms with Gasteiger partial charge in [-0.3, -0.25) is 5.43 Å². The average molecular weight is 259 g/mol. The van der Waals surface area contributed by atoms with Crippen LogP contribution in [0.5, 0.6) is 0 Å². The van der Waals surface area contributed by atoms with Crippen LogP contribution in [0.2, 0.25) is 0 Å². The second kappa shape index (κ2) is 4.85. The van der Waals surface area contributed by atoms with Crippen LogP contribution in [-0.2, 0) is 0 Å². The number of anilines is 1. The summed E-state index contributed by atoms with van der Waals surface area (Å²) in [5.74, 6) is 0. The van der Waals surface area contributed by atoms with Crippen molar-refractivity contribution in [2.75, 3.05) is 5.43 Å². The molecule has 0 aliphatic carbocycles. The summed E-state index contributed by atoms with van der Waals surface area (Å²) in [7, 11) is 0. The Morgan fingerprint density at radius 1 is 1.46 bits per heavy atom. The molecule has 13 heavy (non-hydrogen) atoms. The molecule has 0 fully saturated rings. The van der Waals surface area contributed by atoms with Crippen LogP contribution in [0.25, 0.3) is 0 Å². The highest BCUT2D eigenvalue weighted by Gasteiger charge is 1.91. The second-order valence-corrected chi connectivity index (χ2v) is 3.41. The molecule has 66 valence electrons. The molecule has 0 atom stereocenters. The Balaban J connectivity index is 2.67. The smallest absolute Gasteiger partial charge is 0.226 e. The van der Waals surface area contributed by atoms with E-state index in [1.165, 1.54) is 0 Å². The van der Waals surface area contributed by atoms with Gasteiger partial charge in [-0.25, -0.2) is 0 Å². The molecule has 5 heteroatoms. The van der Waals surface area contributed by atoms with Crippen molar-refractivity contribution in [2.24, 2.45) is 5.10 Å². The average Bonchev–Trinajstić information content (AvgIpc) is 2.16. The molecular formula is C8H5BrClN3. The first-order valence-electron chi connectivity index (χ1n) is 3.37. The molecule has 0 radical (unpaired) electrons. The predicted octanol–water partition coefficient (Wildman–Crippen LogP) is 2.94. The zero-order valence-corrected chi connectivity index (χ0v) is 8.80. The van der Waals surface area contributed by atoms with E-state index < -0.39 is 0 Å². The van der Waals surface area contributed by atoms with Gasteiger partial charge < -0.3 is 0 Å². The third kappa shape index (κ3) is 3.45. The van der Waals surface area contributed by atoms with Gasteiger partial charge in [-0.15, -0.1) is 0 Å². The maximum Gasteiger partial charge on any atom is 0.226 e. The fraction of sp³-hybridized carbons (Fsp3) is 0. The maximum atomic E-state index is 8.30. The van der Waals surface area contributed by atoms with Gasteiger partial charge in [0.25, 0.3) is 0 Å². The minimum absolute atomic E-state index is 0.122. The second-order valence-electron chi connectivity index (χ2n) is 2.13. The summed E-state index contributed by atoms with van der Waals surface area (Å²) < 4.78 is 0.980. The summed E-state index contributed by atoms with van der Waals surface area (Å²) >= 11 is 8.66. The molecule has 0 aliphatic heterocycles. The van der Waals surface area contributed by atoms with Crippen LogP contribution in [0.3, 0.4) is 0 Å². The van der Waals surface area contributed by atoms with E-state index in [9.17, 15) is 0 Å². The highest BCUT2D eigenvalue weighted by atomic mass is 79.9. The molecule has 0 aromatic heterocycles. The van der Waals surface area contributed by atoms with Gasteiger partial charge in [-0.05, 0) is 35.9 Å². The van der Waals surface area contributed by atoms with Crippen molar-refractivity contribution in [3.05, 3.63) is 28.7 Å². The Kier molecular flexibility index (Phi) is 3.74. The molecular weight excluding hydrogens is 253 g/mol. The first-order valence-corrected chi connectivity index (χ1v) is 4.54. The Hall–Kier alpha value is -1.05. The maximum absolute atomic E-state index is 8.30. The fourth-order valence-corrected chi connectivity index (χ4v) is 0.970. The number of benzene rings is 1. The number of hydrogen-bond donors (Lipinski definition) is 1. The summed E-state index contributed by atoms with van der Waals surface area (Å²) in [6, 6.07) is 9.04. The summed E-state index contributed by atoms with van der Waals surface area (Å²) in [5.41, 5.74) is 3.41. The van der Waals surface area contributed by atoms with Crippen molar-refractivity contribution in [3.63, 3.8) is 0 Å². The van der Waals surface area contributed by atoms with Gasteiger partial charge in [-0.2, -0.15) is 10.4 Å². The third-order valence-corrected chi connectivity index (χ3v) is 1.92. The molecule has 0 amide bonds. The molecule has 0 saturated carbocycles. The molecule has 0 heterocycles. The predicted molar refractivity (Wildman–Crippen MR) is 56.7 cm³/mol. The van der Waals surface area contributed by atoms with Crippen molar-refractivity contribution >= 4 is 38.4 Å². The van der Waals surface area contributed by atoms with Gasteiger partial charge in [0, 0.05) is 4.47 Å². The SMILES string of the molecule is N#CC(Cl)=NNc1ccc(Br)cc1. The normalized spacial score (nSPS) is 10.7. The van der Waals surface area contributed by atoms with Crippen molar-refractivity contribution in [1.82, 2.24) is 0 Å². The van der Waals surface area contributed by atoms with Gasteiger partial charge in [0.05, 0.1) is 5.69 Å². The Morgan fingerprint density at radius 3 is 2.62 bits per heavy atom. The van der Waals surface area contributed by atoms with Gasteiger partial charge in [-0.1, -0.05) is 15.9 Å². The summed E-state index contributed by atoms with van der Waals surface area (Å²) in [6.07, 6.45) is 0.